The molecule has 0 bridgehead atoms. The van der Waals surface area contributed by atoms with Crippen molar-refractivity contribution in [3.63, 3.8) is 0 Å². The summed E-state index contributed by atoms with van der Waals surface area (Å²) in [6, 6.07) is -0.932. The number of ether oxygens (including phenoxy) is 4. The number of carbonyl (C=O) groups excluding carboxylic acids is 1. The van der Waals surface area contributed by atoms with Crippen molar-refractivity contribution in [3.8, 4) is 0 Å². The molecule has 2 fully saturated rings. The molecule has 9 N–H and O–H groups in total. The lowest BCUT2D eigenvalue weighted by Crippen LogP contribution is -2.65. The van der Waals surface area contributed by atoms with E-state index in [0.29, 0.717) is 12.8 Å². The molecule has 2 rings (SSSR count). The molecule has 0 aromatic carbocycles. The smallest absolute Gasteiger partial charge is 0.220 e. The topological polar surface area (TPSA) is 228 Å². The molecule has 2 saturated heterocycles. The number of aliphatic hydroxyl groups is 8. The van der Waals surface area contributed by atoms with Crippen molar-refractivity contribution in [1.29, 1.82) is 0 Å². The summed E-state index contributed by atoms with van der Waals surface area (Å²) in [7, 11) is 0. The number of hydrogen-bond donors (Lipinski definition) is 9. The number of amides is 1. The second-order valence-electron chi connectivity index (χ2n) is 21.4. The van der Waals surface area contributed by atoms with Gasteiger partial charge in [-0.25, -0.2) is 0 Å². The van der Waals surface area contributed by atoms with Crippen LogP contribution in [-0.4, -0.2) is 140 Å². The van der Waals surface area contributed by atoms with E-state index < -0.39 is 86.8 Å². The average Bonchev–Trinajstić information content (AvgIpc) is 3.43. The summed E-state index contributed by atoms with van der Waals surface area (Å²) in [5, 5.41) is 86.9. The summed E-state index contributed by atoms with van der Waals surface area (Å²) in [5.74, 6) is -0.251. The number of unbranched alkanes of at least 4 members (excludes halogenated alkanes) is 25. The van der Waals surface area contributed by atoms with Gasteiger partial charge in [0.25, 0.3) is 0 Å². The van der Waals surface area contributed by atoms with Gasteiger partial charge < -0.3 is 65.1 Å². The molecule has 1 amide bonds. The average molecular weight is 1090 g/mol. The van der Waals surface area contributed by atoms with E-state index in [2.05, 4.69) is 79.9 Å². The highest BCUT2D eigenvalue weighted by Crippen LogP contribution is 2.30. The minimum Gasteiger partial charge on any atom is -0.394 e. The van der Waals surface area contributed by atoms with Crippen molar-refractivity contribution in [2.24, 2.45) is 0 Å². The fourth-order valence-electron chi connectivity index (χ4n) is 9.71. The van der Waals surface area contributed by atoms with Crippen molar-refractivity contribution in [1.82, 2.24) is 5.32 Å². The number of carbonyl (C=O) groups is 1. The predicted molar refractivity (Wildman–Crippen MR) is 309 cm³/mol. The Labute approximate surface area is 466 Å². The van der Waals surface area contributed by atoms with Crippen molar-refractivity contribution < 1.29 is 64.6 Å². The van der Waals surface area contributed by atoms with E-state index in [4.69, 9.17) is 18.9 Å². The zero-order valence-corrected chi connectivity index (χ0v) is 47.9. The monoisotopic (exact) mass is 1090 g/mol. The normalized spacial score (nSPS) is 25.2. The van der Waals surface area contributed by atoms with Crippen molar-refractivity contribution in [3.05, 3.63) is 72.9 Å². The lowest BCUT2D eigenvalue weighted by molar-refractivity contribution is -0.359. The Morgan fingerprint density at radius 3 is 1.43 bits per heavy atom. The zero-order chi connectivity index (χ0) is 56.0. The van der Waals surface area contributed by atoms with E-state index in [0.717, 1.165) is 57.8 Å². The van der Waals surface area contributed by atoms with Crippen LogP contribution >= 0.6 is 0 Å². The summed E-state index contributed by atoms with van der Waals surface area (Å²) in [4.78, 5) is 13.2. The number of aliphatic hydroxyl groups excluding tert-OH is 8. The van der Waals surface area contributed by atoms with Crippen LogP contribution in [0.25, 0.3) is 0 Å². The highest BCUT2D eigenvalue weighted by atomic mass is 16.7. The Hall–Kier alpha value is -2.57. The van der Waals surface area contributed by atoms with Crippen LogP contribution in [0, 0.1) is 0 Å². The van der Waals surface area contributed by atoms with Gasteiger partial charge >= 0.3 is 0 Å². The van der Waals surface area contributed by atoms with E-state index in [1.807, 2.05) is 6.08 Å². The van der Waals surface area contributed by atoms with Gasteiger partial charge in [-0.15, -0.1) is 0 Å². The van der Waals surface area contributed by atoms with Gasteiger partial charge in [0.05, 0.1) is 32.0 Å². The first-order valence-electron chi connectivity index (χ1n) is 30.7. The van der Waals surface area contributed by atoms with Gasteiger partial charge in [0.1, 0.15) is 48.8 Å². The number of nitrogens with one attached hydrogen (secondary N) is 1. The summed E-state index contributed by atoms with van der Waals surface area (Å²) in [6.45, 7) is 2.64. The highest BCUT2D eigenvalue weighted by Gasteiger charge is 2.51. The Morgan fingerprint density at radius 1 is 0.481 bits per heavy atom. The molecular weight excluding hydrogens is 979 g/mol. The van der Waals surface area contributed by atoms with E-state index in [1.54, 1.807) is 6.08 Å². The predicted octanol–water partition coefficient (Wildman–Crippen LogP) is 10.7. The summed E-state index contributed by atoms with van der Waals surface area (Å²) in [5.41, 5.74) is 0. The number of rotatable bonds is 48. The fraction of sp³-hybridized carbons (Fsp3) is 0.794. The summed E-state index contributed by atoms with van der Waals surface area (Å²) < 4.78 is 22.7. The molecular formula is C63H111NO13. The Kier molecular flexibility index (Phi) is 44.1. The van der Waals surface area contributed by atoms with Crippen LogP contribution in [0.1, 0.15) is 226 Å². The van der Waals surface area contributed by atoms with Crippen molar-refractivity contribution in [2.45, 2.75) is 299 Å². The molecule has 0 radical (unpaired) electrons. The maximum absolute atomic E-state index is 13.2. The molecule has 0 saturated carbocycles. The van der Waals surface area contributed by atoms with E-state index >= 15 is 0 Å². The van der Waals surface area contributed by atoms with Gasteiger partial charge in [-0.3, -0.25) is 4.79 Å². The largest absolute Gasteiger partial charge is 0.394 e. The standard InChI is InChI=1S/C63H111NO13/c1-3-5-7-9-11-13-15-17-18-19-20-21-22-23-24-25-26-27-28-29-30-31-32-33-34-35-37-39-41-43-45-47-55(68)64-51(52(67)46-44-42-40-38-36-16-14-12-10-8-6-4-2)50-74-62-60(73)58(71)61(54(49-66)76-62)77-63-59(72)57(70)56(69)53(48-65)75-63/h5,7,11,13,17-18,20-21,36,38,44,46,51-54,56-63,65-67,69-73H,3-4,6,8-10,12,14-16,19,22-35,37,39-43,45,47-50H2,1-2H3,(H,64,68)/b7-5-,13-11-,18-17-,21-20-,38-36+,46-44+. The molecule has 12 atom stereocenters. The third-order valence-corrected chi connectivity index (χ3v) is 14.6. The van der Waals surface area contributed by atoms with Crippen molar-refractivity contribution in [2.75, 3.05) is 19.8 Å². The molecule has 0 aromatic heterocycles. The molecule has 14 nitrogen and oxygen atoms in total. The molecule has 2 aliphatic heterocycles. The second kappa shape index (κ2) is 48.2. The van der Waals surface area contributed by atoms with Gasteiger partial charge in [-0.1, -0.05) is 222 Å². The maximum Gasteiger partial charge on any atom is 0.220 e. The molecule has 77 heavy (non-hydrogen) atoms. The third-order valence-electron chi connectivity index (χ3n) is 14.6. The van der Waals surface area contributed by atoms with Crippen LogP contribution in [0.3, 0.4) is 0 Å². The number of allylic oxidation sites excluding steroid dienone is 11. The first-order chi connectivity index (χ1) is 37.6. The van der Waals surface area contributed by atoms with E-state index in [9.17, 15) is 45.6 Å². The SMILES string of the molecule is CC/C=C\C/C=C\C/C=C\C/C=C\CCCCCCCCCCCCCCCCCCCCC(=O)NC(COC1OC(CO)C(OC2OC(CO)C(O)C(O)C2O)C(O)C1O)C(O)/C=C/CC/C=C/CCCCCCCC. The van der Waals surface area contributed by atoms with E-state index in [1.165, 1.54) is 135 Å². The first-order valence-corrected chi connectivity index (χ1v) is 30.7. The Morgan fingerprint density at radius 2 is 0.909 bits per heavy atom. The van der Waals surface area contributed by atoms with Crippen LogP contribution in [0.15, 0.2) is 72.9 Å². The third kappa shape index (κ3) is 33.7. The van der Waals surface area contributed by atoms with Crippen molar-refractivity contribution >= 4 is 5.91 Å². The summed E-state index contributed by atoms with van der Waals surface area (Å²) in [6.07, 6.45) is 46.8. The van der Waals surface area contributed by atoms with Gasteiger partial charge in [-0.2, -0.15) is 0 Å². The number of hydrogen-bond acceptors (Lipinski definition) is 13. The van der Waals surface area contributed by atoms with E-state index in [-0.39, 0.29) is 18.9 Å². The molecule has 0 aliphatic carbocycles. The molecule has 2 aliphatic rings. The molecule has 446 valence electrons. The molecule has 0 aromatic rings. The van der Waals surface area contributed by atoms with Gasteiger partial charge in [0, 0.05) is 6.42 Å². The van der Waals surface area contributed by atoms with Crippen LogP contribution in [-0.2, 0) is 23.7 Å². The molecule has 2 heterocycles. The van der Waals surface area contributed by atoms with Crippen LogP contribution in [0.4, 0.5) is 0 Å². The first kappa shape index (κ1) is 70.5. The van der Waals surface area contributed by atoms with Gasteiger partial charge in [0.2, 0.25) is 5.91 Å². The van der Waals surface area contributed by atoms with Crippen LogP contribution < -0.4 is 5.32 Å². The van der Waals surface area contributed by atoms with Gasteiger partial charge in [-0.05, 0) is 70.6 Å². The Balaban J connectivity index is 1.65. The fourth-order valence-corrected chi connectivity index (χ4v) is 9.71. The zero-order valence-electron chi connectivity index (χ0n) is 47.9. The highest BCUT2D eigenvalue weighted by molar-refractivity contribution is 5.76. The minimum absolute atomic E-state index is 0.251. The lowest BCUT2D eigenvalue weighted by atomic mass is 9.97. The van der Waals surface area contributed by atoms with Gasteiger partial charge in [0.15, 0.2) is 12.6 Å². The Bertz CT molecular complexity index is 1570. The maximum atomic E-state index is 13.2. The quantitative estimate of drug-likeness (QED) is 0.0204. The molecule has 14 heteroatoms. The minimum atomic E-state index is -1.79. The second-order valence-corrected chi connectivity index (χ2v) is 21.4. The van der Waals surface area contributed by atoms with Crippen LogP contribution in [0.2, 0.25) is 0 Å². The summed E-state index contributed by atoms with van der Waals surface area (Å²) >= 11 is 0. The lowest BCUT2D eigenvalue weighted by Gasteiger charge is -2.46. The van der Waals surface area contributed by atoms with Crippen LogP contribution in [0.5, 0.6) is 0 Å². The molecule has 0 spiro atoms. The molecule has 12 unspecified atom stereocenters.